The maximum absolute atomic E-state index is 11.6. The van der Waals surface area contributed by atoms with Gasteiger partial charge in [0.05, 0.1) is 6.61 Å². The summed E-state index contributed by atoms with van der Waals surface area (Å²) in [5, 5.41) is 0. The van der Waals surface area contributed by atoms with Crippen molar-refractivity contribution in [1.82, 2.24) is 0 Å². The van der Waals surface area contributed by atoms with Crippen molar-refractivity contribution in [3.05, 3.63) is 30.3 Å². The Kier molecular flexibility index (Phi) is 17.1. The molecule has 0 fully saturated rings. The van der Waals surface area contributed by atoms with Crippen LogP contribution in [0.25, 0.3) is 0 Å². The molecule has 1 atom stereocenters. The quantitative estimate of drug-likeness (QED) is 0.405. The summed E-state index contributed by atoms with van der Waals surface area (Å²) in [7, 11) is -3.98. The maximum atomic E-state index is 11.6. The van der Waals surface area contributed by atoms with E-state index in [-0.39, 0.29) is 65.7 Å². The summed E-state index contributed by atoms with van der Waals surface area (Å²) in [6.07, 6.45) is 6.63. The first-order valence-corrected chi connectivity index (χ1v) is 8.35. The Balaban J connectivity index is 0. The van der Waals surface area contributed by atoms with Crippen molar-refractivity contribution in [1.29, 1.82) is 0 Å². The molecule has 0 aliphatic rings. The van der Waals surface area contributed by atoms with E-state index in [2.05, 4.69) is 6.92 Å². The van der Waals surface area contributed by atoms with Gasteiger partial charge in [-0.3, -0.25) is 9.42 Å². The predicted molar refractivity (Wildman–Crippen MR) is 90.5 cm³/mol. The van der Waals surface area contributed by atoms with Crippen molar-refractivity contribution >= 4 is 66.9 Å². The Morgan fingerprint density at radius 2 is 1.57 bits per heavy atom. The second-order valence-electron chi connectivity index (χ2n) is 4.47. The van der Waals surface area contributed by atoms with Crippen molar-refractivity contribution < 1.29 is 18.5 Å². The normalized spacial score (nSPS) is 12.7. The number of phosphoric ester groups is 1. The van der Waals surface area contributed by atoms with E-state index in [4.69, 9.17) is 9.05 Å². The van der Waals surface area contributed by atoms with Gasteiger partial charge < -0.3 is 4.52 Å². The summed E-state index contributed by atoms with van der Waals surface area (Å²) >= 11 is 0. The third kappa shape index (κ3) is 13.3. The molecule has 1 N–H and O–H groups in total. The zero-order valence-electron chi connectivity index (χ0n) is 11.5. The summed E-state index contributed by atoms with van der Waals surface area (Å²) in [5.74, 6) is 0.344. The molecule has 0 saturated carbocycles. The molecular formula is C14H25Na2O4P. The Labute approximate surface area is 172 Å². The van der Waals surface area contributed by atoms with Crippen molar-refractivity contribution in [2.45, 2.75) is 45.4 Å². The fourth-order valence-electron chi connectivity index (χ4n) is 1.70. The summed E-state index contributed by atoms with van der Waals surface area (Å²) in [5.41, 5.74) is 0. The van der Waals surface area contributed by atoms with E-state index >= 15 is 0 Å². The van der Waals surface area contributed by atoms with Crippen molar-refractivity contribution in [2.24, 2.45) is 0 Å². The van der Waals surface area contributed by atoms with Gasteiger partial charge >= 0.3 is 66.9 Å². The molecule has 21 heavy (non-hydrogen) atoms. The van der Waals surface area contributed by atoms with Gasteiger partial charge in [0.25, 0.3) is 0 Å². The van der Waals surface area contributed by atoms with E-state index in [9.17, 15) is 9.46 Å². The van der Waals surface area contributed by atoms with Gasteiger partial charge in [0.1, 0.15) is 5.75 Å². The first-order valence-electron chi connectivity index (χ1n) is 6.86. The van der Waals surface area contributed by atoms with Crippen LogP contribution in [-0.4, -0.2) is 70.6 Å². The second kappa shape index (κ2) is 14.7. The third-order valence-electron chi connectivity index (χ3n) is 2.72. The number of phosphoric acid groups is 1. The van der Waals surface area contributed by atoms with E-state index in [1.54, 1.807) is 24.3 Å². The standard InChI is InChI=1S/C14H23O4P.2Na.2H/c1-2-3-4-5-6-10-13-17-19(15,16)18-14-11-8-7-9-12-14;;;;/h7-9,11-12H,2-6,10,13H2,1H3,(H,15,16);;;;. The zero-order chi connectivity index (χ0) is 14.0. The average Bonchev–Trinajstić information content (AvgIpc) is 2.38. The SMILES string of the molecule is CCCCCCCCOP(=O)(O)Oc1ccccc1.[NaH].[NaH]. The molecule has 1 aromatic rings. The fourth-order valence-corrected chi connectivity index (χ4v) is 2.50. The molecule has 4 nitrogen and oxygen atoms in total. The van der Waals surface area contributed by atoms with Crippen molar-refractivity contribution in [2.75, 3.05) is 6.61 Å². The van der Waals surface area contributed by atoms with Crippen LogP contribution in [0, 0.1) is 0 Å². The van der Waals surface area contributed by atoms with Gasteiger partial charge in [0.2, 0.25) is 0 Å². The summed E-state index contributed by atoms with van der Waals surface area (Å²) in [4.78, 5) is 9.52. The van der Waals surface area contributed by atoms with Crippen LogP contribution in [-0.2, 0) is 9.09 Å². The topological polar surface area (TPSA) is 55.8 Å². The first-order chi connectivity index (χ1) is 9.14. The van der Waals surface area contributed by atoms with Gasteiger partial charge in [-0.25, -0.2) is 4.57 Å². The molecule has 0 aliphatic heterocycles. The molecule has 0 aromatic heterocycles. The molecule has 0 spiro atoms. The zero-order valence-corrected chi connectivity index (χ0v) is 12.4. The number of para-hydroxylation sites is 1. The van der Waals surface area contributed by atoms with Crippen molar-refractivity contribution in [3.63, 3.8) is 0 Å². The first kappa shape index (κ1) is 24.4. The summed E-state index contributed by atoms with van der Waals surface area (Å²) < 4.78 is 21.5. The molecule has 7 heteroatoms. The number of rotatable bonds is 10. The van der Waals surface area contributed by atoms with Crippen LogP contribution in [0.2, 0.25) is 0 Å². The van der Waals surface area contributed by atoms with E-state index < -0.39 is 7.82 Å². The van der Waals surface area contributed by atoms with Crippen LogP contribution in [0.3, 0.4) is 0 Å². The van der Waals surface area contributed by atoms with Crippen LogP contribution in [0.1, 0.15) is 45.4 Å². The van der Waals surface area contributed by atoms with Crippen LogP contribution in [0.15, 0.2) is 30.3 Å². The van der Waals surface area contributed by atoms with Gasteiger partial charge in [0, 0.05) is 0 Å². The Morgan fingerprint density at radius 1 is 1.00 bits per heavy atom. The van der Waals surface area contributed by atoms with Crippen molar-refractivity contribution in [3.8, 4) is 5.75 Å². The Morgan fingerprint density at radius 3 is 2.19 bits per heavy atom. The fraction of sp³-hybridized carbons (Fsp3) is 0.571. The molecule has 0 aliphatic carbocycles. The molecular weight excluding hydrogens is 309 g/mol. The molecule has 0 bridgehead atoms. The number of benzene rings is 1. The minimum absolute atomic E-state index is 0. The number of hydrogen-bond acceptors (Lipinski definition) is 3. The molecule has 0 heterocycles. The van der Waals surface area contributed by atoms with E-state index in [1.165, 1.54) is 19.3 Å². The number of unbranched alkanes of at least 4 members (excludes halogenated alkanes) is 5. The predicted octanol–water partition coefficient (Wildman–Crippen LogP) is 3.25. The third-order valence-corrected chi connectivity index (χ3v) is 3.67. The Hall–Kier alpha value is 1.17. The monoisotopic (exact) mass is 334 g/mol. The van der Waals surface area contributed by atoms with E-state index in [0.29, 0.717) is 5.75 Å². The molecule has 0 amide bonds. The molecule has 112 valence electrons. The Bertz CT molecular complexity index is 390. The molecule has 0 radical (unpaired) electrons. The van der Waals surface area contributed by atoms with E-state index in [0.717, 1.165) is 19.3 Å². The minimum atomic E-state index is -3.98. The molecule has 1 unspecified atom stereocenters. The second-order valence-corrected chi connectivity index (χ2v) is 5.85. The summed E-state index contributed by atoms with van der Waals surface area (Å²) in [6.45, 7) is 2.43. The molecule has 1 aromatic carbocycles. The van der Waals surface area contributed by atoms with Gasteiger partial charge in [0.15, 0.2) is 0 Å². The van der Waals surface area contributed by atoms with Crippen LogP contribution in [0.5, 0.6) is 5.75 Å². The van der Waals surface area contributed by atoms with Gasteiger partial charge in [-0.1, -0.05) is 57.2 Å². The van der Waals surface area contributed by atoms with Crippen LogP contribution < -0.4 is 4.52 Å². The molecule has 1 rings (SSSR count). The van der Waals surface area contributed by atoms with Gasteiger partial charge in [-0.2, -0.15) is 0 Å². The van der Waals surface area contributed by atoms with Crippen LogP contribution in [0.4, 0.5) is 0 Å². The number of hydrogen-bond donors (Lipinski definition) is 1. The average molecular weight is 334 g/mol. The summed E-state index contributed by atoms with van der Waals surface area (Å²) in [6, 6.07) is 8.53. The molecule has 0 saturated heterocycles. The van der Waals surface area contributed by atoms with Crippen LogP contribution >= 0.6 is 7.82 Å². The van der Waals surface area contributed by atoms with E-state index in [1.807, 2.05) is 6.07 Å². The van der Waals surface area contributed by atoms with Gasteiger partial charge in [-0.15, -0.1) is 0 Å². The van der Waals surface area contributed by atoms with Gasteiger partial charge in [-0.05, 0) is 18.6 Å².